The Morgan fingerprint density at radius 3 is 2.43 bits per heavy atom. The van der Waals surface area contributed by atoms with Gasteiger partial charge in [0.15, 0.2) is 0 Å². The molecule has 0 aromatic heterocycles. The third-order valence-corrected chi connectivity index (χ3v) is 3.92. The van der Waals surface area contributed by atoms with E-state index in [4.69, 9.17) is 5.73 Å². The summed E-state index contributed by atoms with van der Waals surface area (Å²) in [7, 11) is -0.847. The summed E-state index contributed by atoms with van der Waals surface area (Å²) in [6.07, 6.45) is 0. The smallest absolute Gasteiger partial charge is 0.0488 e. The quantitative estimate of drug-likeness (QED) is 0.822. The Labute approximate surface area is 88.0 Å². The van der Waals surface area contributed by atoms with Gasteiger partial charge in [0.1, 0.15) is 0 Å². The Bertz CT molecular complexity index is 308. The second-order valence-electron chi connectivity index (χ2n) is 3.56. The minimum Gasteiger partial charge on any atom is -0.329 e. The van der Waals surface area contributed by atoms with Crippen LogP contribution < -0.4 is 5.73 Å². The summed E-state index contributed by atoms with van der Waals surface area (Å²) in [5.74, 6) is 0.610. The maximum Gasteiger partial charge on any atom is 0.0488 e. The van der Waals surface area contributed by atoms with Crippen molar-refractivity contribution in [1.82, 2.24) is 0 Å². The van der Waals surface area contributed by atoms with Gasteiger partial charge in [-0.25, -0.2) is 0 Å². The van der Waals surface area contributed by atoms with Crippen LogP contribution in [-0.4, -0.2) is 16.0 Å². The van der Waals surface area contributed by atoms with E-state index in [1.807, 2.05) is 38.1 Å². The molecule has 0 radical (unpaired) electrons. The molecule has 0 spiro atoms. The average Bonchev–Trinajstić information content (AvgIpc) is 2.20. The molecule has 14 heavy (non-hydrogen) atoms. The zero-order valence-electron chi connectivity index (χ0n) is 8.69. The molecule has 3 heteroatoms. The first kappa shape index (κ1) is 11.4. The lowest BCUT2D eigenvalue weighted by Gasteiger charge is -2.08. The number of hydrogen-bond acceptors (Lipinski definition) is 2. The molecule has 0 bridgehead atoms. The zero-order chi connectivity index (χ0) is 10.6. The molecule has 2 nitrogen and oxygen atoms in total. The lowest BCUT2D eigenvalue weighted by atomic mass is 10.2. The molecule has 0 saturated heterocycles. The van der Waals surface area contributed by atoms with E-state index < -0.39 is 10.8 Å². The topological polar surface area (TPSA) is 43.1 Å². The largest absolute Gasteiger partial charge is 0.329 e. The second-order valence-corrected chi connectivity index (χ2v) is 5.41. The van der Waals surface area contributed by atoms with Crippen LogP contribution in [-0.2, 0) is 16.6 Å². The van der Waals surface area contributed by atoms with E-state index in [2.05, 4.69) is 0 Å². The Balaban J connectivity index is 2.60. The maximum atomic E-state index is 11.7. The normalized spacial score (nSPS) is 15.1. The van der Waals surface area contributed by atoms with Crippen molar-refractivity contribution in [1.29, 1.82) is 0 Å². The molecule has 1 aromatic rings. The highest BCUT2D eigenvalue weighted by atomic mass is 32.2. The average molecular weight is 211 g/mol. The van der Waals surface area contributed by atoms with Crippen LogP contribution >= 0.6 is 0 Å². The number of hydrogen-bond donors (Lipinski definition) is 1. The first-order valence-corrected chi connectivity index (χ1v) is 6.14. The van der Waals surface area contributed by atoms with Gasteiger partial charge < -0.3 is 5.73 Å². The first-order valence-electron chi connectivity index (χ1n) is 4.76. The van der Waals surface area contributed by atoms with Gasteiger partial charge >= 0.3 is 0 Å². The summed E-state index contributed by atoms with van der Waals surface area (Å²) in [6.45, 7) is 4.45. The molecule has 0 heterocycles. The molecule has 2 atom stereocenters. The number of nitrogens with two attached hydrogens (primary N) is 1. The fraction of sp³-hybridized carbons (Fsp3) is 0.455. The van der Waals surface area contributed by atoms with Crippen molar-refractivity contribution in [3.05, 3.63) is 35.4 Å². The highest BCUT2D eigenvalue weighted by Crippen LogP contribution is 2.08. The molecule has 0 fully saturated rings. The van der Waals surface area contributed by atoms with E-state index in [0.29, 0.717) is 12.3 Å². The highest BCUT2D eigenvalue weighted by molar-refractivity contribution is 7.84. The summed E-state index contributed by atoms with van der Waals surface area (Å²) >= 11 is 0. The molecule has 1 aromatic carbocycles. The van der Waals surface area contributed by atoms with Gasteiger partial charge in [0.2, 0.25) is 0 Å². The van der Waals surface area contributed by atoms with Crippen molar-refractivity contribution in [2.24, 2.45) is 5.73 Å². The fourth-order valence-electron chi connectivity index (χ4n) is 1.10. The molecular weight excluding hydrogens is 194 g/mol. The SMILES string of the molecule is Cc1ccc(CS(=O)C(C)CN)cc1. The highest BCUT2D eigenvalue weighted by Gasteiger charge is 2.09. The molecule has 1 rings (SSSR count). The number of rotatable bonds is 4. The van der Waals surface area contributed by atoms with Crippen molar-refractivity contribution in [3.8, 4) is 0 Å². The summed E-state index contributed by atoms with van der Waals surface area (Å²) in [6, 6.07) is 8.13. The van der Waals surface area contributed by atoms with Gasteiger partial charge in [-0.3, -0.25) is 4.21 Å². The van der Waals surface area contributed by atoms with Crippen molar-refractivity contribution in [3.63, 3.8) is 0 Å². The van der Waals surface area contributed by atoms with Gasteiger partial charge in [-0.1, -0.05) is 29.8 Å². The van der Waals surface area contributed by atoms with Crippen LogP contribution in [0.25, 0.3) is 0 Å². The van der Waals surface area contributed by atoms with Crippen LogP contribution in [0, 0.1) is 6.92 Å². The van der Waals surface area contributed by atoms with E-state index in [9.17, 15) is 4.21 Å². The van der Waals surface area contributed by atoms with Gasteiger partial charge in [-0.15, -0.1) is 0 Å². The van der Waals surface area contributed by atoms with E-state index in [0.717, 1.165) is 5.56 Å². The molecule has 0 aliphatic heterocycles. The molecule has 78 valence electrons. The zero-order valence-corrected chi connectivity index (χ0v) is 9.51. The summed E-state index contributed by atoms with van der Waals surface area (Å²) in [4.78, 5) is 0. The van der Waals surface area contributed by atoms with E-state index in [-0.39, 0.29) is 5.25 Å². The molecule has 2 N–H and O–H groups in total. The number of aryl methyl sites for hydroxylation is 1. The Morgan fingerprint density at radius 1 is 1.36 bits per heavy atom. The van der Waals surface area contributed by atoms with Gasteiger partial charge in [0, 0.05) is 28.3 Å². The maximum absolute atomic E-state index is 11.7. The van der Waals surface area contributed by atoms with Gasteiger partial charge in [0.05, 0.1) is 0 Å². The van der Waals surface area contributed by atoms with Crippen LogP contribution in [0.2, 0.25) is 0 Å². The molecule has 2 unspecified atom stereocenters. The Hall–Kier alpha value is -0.670. The predicted octanol–water partition coefficient (Wildman–Crippen LogP) is 1.59. The first-order chi connectivity index (χ1) is 6.63. The van der Waals surface area contributed by atoms with E-state index in [1.54, 1.807) is 0 Å². The lowest BCUT2D eigenvalue weighted by Crippen LogP contribution is -2.22. The predicted molar refractivity (Wildman–Crippen MR) is 61.5 cm³/mol. The fourth-order valence-corrected chi connectivity index (χ4v) is 2.12. The van der Waals surface area contributed by atoms with Crippen molar-refractivity contribution in [2.45, 2.75) is 24.9 Å². The van der Waals surface area contributed by atoms with Gasteiger partial charge in [0.25, 0.3) is 0 Å². The van der Waals surface area contributed by atoms with E-state index >= 15 is 0 Å². The van der Waals surface area contributed by atoms with Crippen LogP contribution in [0.15, 0.2) is 24.3 Å². The summed E-state index contributed by atoms with van der Waals surface area (Å²) in [5.41, 5.74) is 7.81. The third-order valence-electron chi connectivity index (χ3n) is 2.21. The van der Waals surface area contributed by atoms with Crippen molar-refractivity contribution < 1.29 is 4.21 Å². The second kappa shape index (κ2) is 5.27. The minimum atomic E-state index is -0.847. The molecule has 0 amide bonds. The van der Waals surface area contributed by atoms with Crippen LogP contribution in [0.1, 0.15) is 18.1 Å². The molecule has 0 aliphatic carbocycles. The summed E-state index contributed by atoms with van der Waals surface area (Å²) < 4.78 is 11.7. The van der Waals surface area contributed by atoms with Gasteiger partial charge in [-0.05, 0) is 19.4 Å². The third kappa shape index (κ3) is 3.24. The Morgan fingerprint density at radius 2 is 1.93 bits per heavy atom. The minimum absolute atomic E-state index is 0.0799. The summed E-state index contributed by atoms with van der Waals surface area (Å²) in [5, 5.41) is 0.0799. The van der Waals surface area contributed by atoms with Crippen LogP contribution in [0.3, 0.4) is 0 Å². The lowest BCUT2D eigenvalue weighted by molar-refractivity contribution is 0.672. The number of benzene rings is 1. The van der Waals surface area contributed by atoms with Crippen LogP contribution in [0.5, 0.6) is 0 Å². The Kier molecular flexibility index (Phi) is 4.29. The van der Waals surface area contributed by atoms with E-state index in [1.165, 1.54) is 5.56 Å². The van der Waals surface area contributed by atoms with Crippen molar-refractivity contribution in [2.75, 3.05) is 6.54 Å². The standard InChI is InChI=1S/C11H17NOS/c1-9-3-5-11(6-4-9)8-14(13)10(2)7-12/h3-6,10H,7-8,12H2,1-2H3. The molecular formula is C11H17NOS. The molecule has 0 saturated carbocycles. The monoisotopic (exact) mass is 211 g/mol. The van der Waals surface area contributed by atoms with Gasteiger partial charge in [-0.2, -0.15) is 0 Å². The van der Waals surface area contributed by atoms with Crippen LogP contribution in [0.4, 0.5) is 0 Å². The van der Waals surface area contributed by atoms with Crippen molar-refractivity contribution >= 4 is 10.8 Å². The molecule has 0 aliphatic rings.